The first-order chi connectivity index (χ1) is 11.1. The topological polar surface area (TPSA) is 84.5 Å². The number of carbonyl (C=O) groups excluding carboxylic acids is 3. The first kappa shape index (κ1) is 17.0. The molecule has 1 aromatic rings. The summed E-state index contributed by atoms with van der Waals surface area (Å²) in [6.45, 7) is 2.04. The van der Waals surface area contributed by atoms with Crippen LogP contribution in [0.5, 0.6) is 0 Å². The number of hydrogen-bond donors (Lipinski definition) is 2. The molecular weight excluding hydrogens is 296 g/mol. The van der Waals surface area contributed by atoms with Gasteiger partial charge in [-0.25, -0.2) is 4.79 Å². The van der Waals surface area contributed by atoms with E-state index in [1.807, 2.05) is 0 Å². The van der Waals surface area contributed by atoms with E-state index in [1.165, 1.54) is 6.42 Å². The predicted molar refractivity (Wildman–Crippen MR) is 86.0 cm³/mol. The molecule has 2 N–H and O–H groups in total. The van der Waals surface area contributed by atoms with Gasteiger partial charge < -0.3 is 15.4 Å². The van der Waals surface area contributed by atoms with Crippen molar-refractivity contribution in [3.63, 3.8) is 0 Å². The molecule has 23 heavy (non-hydrogen) atoms. The zero-order valence-corrected chi connectivity index (χ0v) is 13.3. The molecule has 1 saturated carbocycles. The second-order valence-corrected chi connectivity index (χ2v) is 5.56. The molecule has 0 unspecified atom stereocenters. The van der Waals surface area contributed by atoms with Crippen molar-refractivity contribution in [2.24, 2.45) is 0 Å². The minimum atomic E-state index is -0.695. The molecule has 0 aliphatic heterocycles. The summed E-state index contributed by atoms with van der Waals surface area (Å²) in [6.07, 6.45) is 5.20. The molecule has 0 atom stereocenters. The zero-order chi connectivity index (χ0) is 16.7. The Balaban J connectivity index is 1.86. The molecule has 0 saturated heterocycles. The summed E-state index contributed by atoms with van der Waals surface area (Å²) in [5.74, 6) is -1.73. The number of nitrogens with one attached hydrogen (secondary N) is 2. The van der Waals surface area contributed by atoms with Gasteiger partial charge in [0.25, 0.3) is 0 Å². The molecular formula is C17H22N2O4. The first-order valence-corrected chi connectivity index (χ1v) is 7.99. The fourth-order valence-electron chi connectivity index (χ4n) is 2.59. The van der Waals surface area contributed by atoms with Crippen molar-refractivity contribution in [1.82, 2.24) is 5.32 Å². The van der Waals surface area contributed by atoms with Crippen LogP contribution in [0.1, 0.15) is 49.4 Å². The lowest BCUT2D eigenvalue weighted by Gasteiger charge is -2.22. The third kappa shape index (κ3) is 5.09. The Kier molecular flexibility index (Phi) is 6.14. The summed E-state index contributed by atoms with van der Waals surface area (Å²) >= 11 is 0. The smallest absolute Gasteiger partial charge is 0.338 e. The van der Waals surface area contributed by atoms with Crippen molar-refractivity contribution >= 4 is 23.5 Å². The molecule has 124 valence electrons. The Hall–Kier alpha value is -2.37. The average Bonchev–Trinajstić information content (AvgIpc) is 2.56. The van der Waals surface area contributed by atoms with Gasteiger partial charge in [-0.2, -0.15) is 0 Å². The van der Waals surface area contributed by atoms with Crippen molar-refractivity contribution in [2.75, 3.05) is 11.9 Å². The average molecular weight is 318 g/mol. The number of hydrogen-bond acceptors (Lipinski definition) is 4. The molecule has 0 radical (unpaired) electrons. The van der Waals surface area contributed by atoms with Crippen LogP contribution < -0.4 is 10.6 Å². The highest BCUT2D eigenvalue weighted by molar-refractivity contribution is 6.39. The van der Waals surface area contributed by atoms with Gasteiger partial charge in [0.05, 0.1) is 12.2 Å². The zero-order valence-electron chi connectivity index (χ0n) is 13.3. The van der Waals surface area contributed by atoms with Crippen molar-refractivity contribution in [1.29, 1.82) is 0 Å². The summed E-state index contributed by atoms with van der Waals surface area (Å²) in [7, 11) is 0. The van der Waals surface area contributed by atoms with Gasteiger partial charge >= 0.3 is 17.8 Å². The minimum absolute atomic E-state index is 0.0909. The lowest BCUT2D eigenvalue weighted by atomic mass is 9.95. The van der Waals surface area contributed by atoms with Crippen molar-refractivity contribution in [2.45, 2.75) is 45.1 Å². The van der Waals surface area contributed by atoms with Gasteiger partial charge in [0, 0.05) is 11.7 Å². The second kappa shape index (κ2) is 8.31. The van der Waals surface area contributed by atoms with Crippen LogP contribution in [0.2, 0.25) is 0 Å². The Morgan fingerprint density at radius 1 is 1.04 bits per heavy atom. The normalized spacial score (nSPS) is 14.8. The summed E-state index contributed by atoms with van der Waals surface area (Å²) in [5, 5.41) is 5.29. The summed E-state index contributed by atoms with van der Waals surface area (Å²) < 4.78 is 4.88. The monoisotopic (exact) mass is 318 g/mol. The van der Waals surface area contributed by atoms with E-state index in [2.05, 4.69) is 10.6 Å². The van der Waals surface area contributed by atoms with Crippen LogP contribution in [0.25, 0.3) is 0 Å². The van der Waals surface area contributed by atoms with E-state index in [9.17, 15) is 14.4 Å². The van der Waals surface area contributed by atoms with E-state index >= 15 is 0 Å². The summed E-state index contributed by atoms with van der Waals surface area (Å²) in [4.78, 5) is 35.3. The SMILES string of the molecule is CCOC(=O)c1ccc(NC(=O)C(=O)NC2CCCCC2)cc1. The Morgan fingerprint density at radius 2 is 1.70 bits per heavy atom. The Morgan fingerprint density at radius 3 is 2.30 bits per heavy atom. The van der Waals surface area contributed by atoms with Crippen LogP contribution in [0.4, 0.5) is 5.69 Å². The maximum absolute atomic E-state index is 11.9. The van der Waals surface area contributed by atoms with E-state index < -0.39 is 17.8 Å². The largest absolute Gasteiger partial charge is 0.462 e. The van der Waals surface area contributed by atoms with Crippen molar-refractivity contribution in [3.05, 3.63) is 29.8 Å². The van der Waals surface area contributed by atoms with Crippen LogP contribution in [-0.2, 0) is 14.3 Å². The summed E-state index contributed by atoms with van der Waals surface area (Å²) in [5.41, 5.74) is 0.860. The Bertz CT molecular complexity index is 562. The molecule has 6 heteroatoms. The molecule has 0 heterocycles. The molecule has 0 bridgehead atoms. The number of esters is 1. The molecule has 1 fully saturated rings. The highest BCUT2D eigenvalue weighted by atomic mass is 16.5. The van der Waals surface area contributed by atoms with Gasteiger partial charge in [-0.1, -0.05) is 19.3 Å². The fourth-order valence-corrected chi connectivity index (χ4v) is 2.59. The quantitative estimate of drug-likeness (QED) is 0.659. The van der Waals surface area contributed by atoms with E-state index in [4.69, 9.17) is 4.74 Å². The van der Waals surface area contributed by atoms with E-state index in [1.54, 1.807) is 31.2 Å². The van der Waals surface area contributed by atoms with Gasteiger partial charge in [0.1, 0.15) is 0 Å². The highest BCUT2D eigenvalue weighted by Crippen LogP contribution is 2.17. The van der Waals surface area contributed by atoms with Gasteiger partial charge in [-0.15, -0.1) is 0 Å². The van der Waals surface area contributed by atoms with Crippen LogP contribution in [0.3, 0.4) is 0 Å². The second-order valence-electron chi connectivity index (χ2n) is 5.56. The third-order valence-electron chi connectivity index (χ3n) is 3.80. The number of rotatable bonds is 4. The molecule has 0 aromatic heterocycles. The Labute approximate surface area is 135 Å². The number of amides is 2. The predicted octanol–water partition coefficient (Wildman–Crippen LogP) is 2.25. The van der Waals surface area contributed by atoms with E-state index in [0.717, 1.165) is 25.7 Å². The number of anilines is 1. The molecule has 0 spiro atoms. The highest BCUT2D eigenvalue weighted by Gasteiger charge is 2.20. The number of ether oxygens (including phenoxy) is 1. The van der Waals surface area contributed by atoms with Gasteiger partial charge in [-0.05, 0) is 44.0 Å². The van der Waals surface area contributed by atoms with Gasteiger partial charge in [0.2, 0.25) is 0 Å². The maximum Gasteiger partial charge on any atom is 0.338 e. The van der Waals surface area contributed by atoms with Crippen LogP contribution in [0, 0.1) is 0 Å². The maximum atomic E-state index is 11.9. The van der Waals surface area contributed by atoms with Gasteiger partial charge in [0.15, 0.2) is 0 Å². The van der Waals surface area contributed by atoms with E-state index in [0.29, 0.717) is 17.9 Å². The van der Waals surface area contributed by atoms with Gasteiger partial charge in [-0.3, -0.25) is 9.59 Å². The molecule has 1 aliphatic carbocycles. The third-order valence-corrected chi connectivity index (χ3v) is 3.80. The number of carbonyl (C=O) groups is 3. The number of benzene rings is 1. The molecule has 1 aliphatic rings. The first-order valence-electron chi connectivity index (χ1n) is 7.99. The van der Waals surface area contributed by atoms with Crippen LogP contribution in [-0.4, -0.2) is 30.4 Å². The standard InChI is InChI=1S/C17H22N2O4/c1-2-23-17(22)12-8-10-14(11-9-12)19-16(21)15(20)18-13-6-4-3-5-7-13/h8-11,13H,2-7H2,1H3,(H,18,20)(H,19,21). The molecule has 2 amide bonds. The van der Waals surface area contributed by atoms with Crippen LogP contribution in [0.15, 0.2) is 24.3 Å². The van der Waals surface area contributed by atoms with Crippen molar-refractivity contribution < 1.29 is 19.1 Å². The lowest BCUT2D eigenvalue weighted by molar-refractivity contribution is -0.136. The fraction of sp³-hybridized carbons (Fsp3) is 0.471. The van der Waals surface area contributed by atoms with E-state index in [-0.39, 0.29) is 6.04 Å². The molecule has 2 rings (SSSR count). The summed E-state index contributed by atoms with van der Waals surface area (Å²) in [6, 6.07) is 6.32. The van der Waals surface area contributed by atoms with Crippen molar-refractivity contribution in [3.8, 4) is 0 Å². The van der Waals surface area contributed by atoms with Crippen LogP contribution >= 0.6 is 0 Å². The molecule has 6 nitrogen and oxygen atoms in total. The molecule has 1 aromatic carbocycles. The lowest BCUT2D eigenvalue weighted by Crippen LogP contribution is -2.42. The minimum Gasteiger partial charge on any atom is -0.462 e.